The van der Waals surface area contributed by atoms with E-state index in [1.807, 2.05) is 24.1 Å². The number of carbonyl (C=O) groups is 1. The summed E-state index contributed by atoms with van der Waals surface area (Å²) in [6.07, 6.45) is 4.38. The van der Waals surface area contributed by atoms with Crippen LogP contribution in [0.4, 0.5) is 11.4 Å². The van der Waals surface area contributed by atoms with E-state index in [0.717, 1.165) is 13.0 Å². The Labute approximate surface area is 124 Å². The average Bonchev–Trinajstić information content (AvgIpc) is 2.52. The predicted molar refractivity (Wildman–Crippen MR) is 83.4 cm³/mol. The van der Waals surface area contributed by atoms with Gasteiger partial charge in [0.25, 0.3) is 0 Å². The van der Waals surface area contributed by atoms with Gasteiger partial charge in [0.15, 0.2) is 0 Å². The van der Waals surface area contributed by atoms with Gasteiger partial charge in [-0.1, -0.05) is 6.07 Å². The minimum Gasteiger partial charge on any atom is -0.465 e. The number of methoxy groups -OCH3 is 1. The lowest BCUT2D eigenvalue weighted by Crippen LogP contribution is -2.24. The van der Waals surface area contributed by atoms with E-state index in [-0.39, 0.29) is 5.97 Å². The summed E-state index contributed by atoms with van der Waals surface area (Å²) in [5.41, 5.74) is 8.96. The smallest absolute Gasteiger partial charge is 0.340 e. The molecule has 110 valence electrons. The Morgan fingerprint density at radius 3 is 2.67 bits per heavy atom. The highest BCUT2D eigenvalue weighted by Crippen LogP contribution is 2.27. The minimum absolute atomic E-state index is 0.381. The van der Waals surface area contributed by atoms with Crippen LogP contribution in [0.5, 0.6) is 0 Å². The Bertz CT molecular complexity index is 614. The van der Waals surface area contributed by atoms with Crippen LogP contribution in [0.2, 0.25) is 0 Å². The molecule has 0 atom stereocenters. The van der Waals surface area contributed by atoms with Crippen molar-refractivity contribution in [2.75, 3.05) is 31.3 Å². The molecule has 0 aliphatic heterocycles. The van der Waals surface area contributed by atoms with Crippen molar-refractivity contribution in [3.05, 3.63) is 53.9 Å². The third-order valence-corrected chi connectivity index (χ3v) is 3.34. The maximum atomic E-state index is 11.9. The normalized spacial score (nSPS) is 10.2. The van der Waals surface area contributed by atoms with Crippen molar-refractivity contribution >= 4 is 17.3 Å². The van der Waals surface area contributed by atoms with E-state index in [9.17, 15) is 4.79 Å². The number of para-hydroxylation sites is 1. The second kappa shape index (κ2) is 6.74. The number of ether oxygens (including phenoxy) is 1. The maximum Gasteiger partial charge on any atom is 0.340 e. The van der Waals surface area contributed by atoms with Gasteiger partial charge in [-0.3, -0.25) is 4.98 Å². The van der Waals surface area contributed by atoms with Gasteiger partial charge in [0.1, 0.15) is 0 Å². The predicted octanol–water partition coefficient (Wildman–Crippen LogP) is 2.13. The second-order valence-corrected chi connectivity index (χ2v) is 4.76. The molecule has 2 aromatic rings. The zero-order chi connectivity index (χ0) is 15.2. The molecule has 1 aromatic heterocycles. The molecule has 5 heteroatoms. The van der Waals surface area contributed by atoms with E-state index in [1.165, 1.54) is 12.7 Å². The molecule has 0 bridgehead atoms. The summed E-state index contributed by atoms with van der Waals surface area (Å²) in [6.45, 7) is 0.738. The van der Waals surface area contributed by atoms with E-state index in [1.54, 1.807) is 30.6 Å². The molecule has 2 N–H and O–H groups in total. The Morgan fingerprint density at radius 1 is 1.29 bits per heavy atom. The van der Waals surface area contributed by atoms with Gasteiger partial charge in [-0.2, -0.15) is 0 Å². The summed E-state index contributed by atoms with van der Waals surface area (Å²) in [4.78, 5) is 17.8. The molecule has 2 rings (SSSR count). The average molecular weight is 285 g/mol. The van der Waals surface area contributed by atoms with Crippen LogP contribution >= 0.6 is 0 Å². The number of benzene rings is 1. The summed E-state index contributed by atoms with van der Waals surface area (Å²) < 4.78 is 4.82. The van der Waals surface area contributed by atoms with E-state index in [4.69, 9.17) is 10.5 Å². The first-order valence-corrected chi connectivity index (χ1v) is 6.70. The molecule has 0 fully saturated rings. The van der Waals surface area contributed by atoms with E-state index < -0.39 is 0 Å². The van der Waals surface area contributed by atoms with Crippen molar-refractivity contribution in [1.82, 2.24) is 4.98 Å². The number of nitrogen functional groups attached to an aromatic ring is 1. The molecule has 0 radical (unpaired) electrons. The number of rotatable bonds is 5. The van der Waals surface area contributed by atoms with Crippen LogP contribution < -0.4 is 10.6 Å². The number of nitrogens with two attached hydrogens (primary N) is 1. The number of hydrogen-bond donors (Lipinski definition) is 1. The number of hydrogen-bond acceptors (Lipinski definition) is 5. The first-order chi connectivity index (χ1) is 10.1. The number of likely N-dealkylation sites (N-methyl/N-ethyl adjacent to an activating group) is 1. The highest BCUT2D eigenvalue weighted by molar-refractivity contribution is 5.99. The molecule has 0 unspecified atom stereocenters. The molecule has 0 aliphatic carbocycles. The van der Waals surface area contributed by atoms with Crippen molar-refractivity contribution in [1.29, 1.82) is 0 Å². The van der Waals surface area contributed by atoms with Crippen LogP contribution in [0, 0.1) is 0 Å². The maximum absolute atomic E-state index is 11.9. The second-order valence-electron chi connectivity index (χ2n) is 4.76. The van der Waals surface area contributed by atoms with E-state index in [2.05, 4.69) is 4.98 Å². The Balaban J connectivity index is 2.18. The summed E-state index contributed by atoms with van der Waals surface area (Å²) in [7, 11) is 3.28. The lowest BCUT2D eigenvalue weighted by Gasteiger charge is -2.23. The standard InChI is InChI=1S/C16H19N3O2/c1-19(11-8-12-6-9-18-10-7-12)15-13(16(20)21-2)4-3-5-14(15)17/h3-7,9-10H,8,11,17H2,1-2H3. The minimum atomic E-state index is -0.381. The Hall–Kier alpha value is -2.56. The summed E-state index contributed by atoms with van der Waals surface area (Å²) >= 11 is 0. The van der Waals surface area contributed by atoms with Gasteiger partial charge in [-0.05, 0) is 36.2 Å². The zero-order valence-corrected chi connectivity index (χ0v) is 12.2. The summed E-state index contributed by atoms with van der Waals surface area (Å²) in [6, 6.07) is 9.21. The number of carbonyl (C=O) groups excluding carboxylic acids is 1. The van der Waals surface area contributed by atoms with Crippen LogP contribution in [-0.2, 0) is 11.2 Å². The molecule has 0 saturated heterocycles. The number of aromatic nitrogens is 1. The summed E-state index contributed by atoms with van der Waals surface area (Å²) in [5.74, 6) is -0.381. The Morgan fingerprint density at radius 2 is 2.00 bits per heavy atom. The molecule has 21 heavy (non-hydrogen) atoms. The summed E-state index contributed by atoms with van der Waals surface area (Å²) in [5, 5.41) is 0. The van der Waals surface area contributed by atoms with Gasteiger partial charge in [-0.15, -0.1) is 0 Å². The van der Waals surface area contributed by atoms with E-state index in [0.29, 0.717) is 16.9 Å². The highest BCUT2D eigenvalue weighted by atomic mass is 16.5. The number of anilines is 2. The first-order valence-electron chi connectivity index (χ1n) is 6.70. The van der Waals surface area contributed by atoms with Gasteiger partial charge in [0, 0.05) is 26.0 Å². The third kappa shape index (κ3) is 3.51. The lowest BCUT2D eigenvalue weighted by molar-refractivity contribution is 0.0601. The molecule has 0 saturated carbocycles. The van der Waals surface area contributed by atoms with Crippen LogP contribution in [-0.4, -0.2) is 31.7 Å². The van der Waals surface area contributed by atoms with Crippen LogP contribution in [0.3, 0.4) is 0 Å². The molecule has 0 aliphatic rings. The molecular formula is C16H19N3O2. The van der Waals surface area contributed by atoms with Crippen molar-refractivity contribution in [2.45, 2.75) is 6.42 Å². The molecule has 1 heterocycles. The van der Waals surface area contributed by atoms with Gasteiger partial charge in [0.05, 0.1) is 24.0 Å². The quantitative estimate of drug-likeness (QED) is 0.673. The fraction of sp³-hybridized carbons (Fsp3) is 0.250. The number of nitrogens with zero attached hydrogens (tertiary/aromatic N) is 2. The number of esters is 1. The van der Waals surface area contributed by atoms with Gasteiger partial charge in [0.2, 0.25) is 0 Å². The SMILES string of the molecule is COC(=O)c1cccc(N)c1N(C)CCc1ccncc1. The van der Waals surface area contributed by atoms with Crippen LogP contribution in [0.15, 0.2) is 42.7 Å². The van der Waals surface area contributed by atoms with Crippen molar-refractivity contribution in [3.8, 4) is 0 Å². The fourth-order valence-corrected chi connectivity index (χ4v) is 2.22. The highest BCUT2D eigenvalue weighted by Gasteiger charge is 2.17. The number of pyridine rings is 1. The van der Waals surface area contributed by atoms with Crippen LogP contribution in [0.1, 0.15) is 15.9 Å². The monoisotopic (exact) mass is 285 g/mol. The molecule has 1 aromatic carbocycles. The van der Waals surface area contributed by atoms with Gasteiger partial charge < -0.3 is 15.4 Å². The van der Waals surface area contributed by atoms with E-state index >= 15 is 0 Å². The fourth-order valence-electron chi connectivity index (χ4n) is 2.22. The molecular weight excluding hydrogens is 266 g/mol. The Kier molecular flexibility index (Phi) is 4.77. The van der Waals surface area contributed by atoms with Crippen molar-refractivity contribution in [3.63, 3.8) is 0 Å². The third-order valence-electron chi connectivity index (χ3n) is 3.34. The lowest BCUT2D eigenvalue weighted by atomic mass is 10.1. The molecule has 0 spiro atoms. The molecule has 0 amide bonds. The zero-order valence-electron chi connectivity index (χ0n) is 12.2. The van der Waals surface area contributed by atoms with Crippen LogP contribution in [0.25, 0.3) is 0 Å². The van der Waals surface area contributed by atoms with Crippen molar-refractivity contribution in [2.24, 2.45) is 0 Å². The van der Waals surface area contributed by atoms with Gasteiger partial charge in [-0.25, -0.2) is 4.79 Å². The van der Waals surface area contributed by atoms with Gasteiger partial charge >= 0.3 is 5.97 Å². The molecule has 5 nitrogen and oxygen atoms in total. The van der Waals surface area contributed by atoms with Crippen molar-refractivity contribution < 1.29 is 9.53 Å². The first kappa shape index (κ1) is 14.8. The largest absolute Gasteiger partial charge is 0.465 e. The topological polar surface area (TPSA) is 68.5 Å².